The first kappa shape index (κ1) is 9.83. The van der Waals surface area contributed by atoms with Crippen molar-refractivity contribution in [3.05, 3.63) is 22.9 Å². The fourth-order valence-electron chi connectivity index (χ4n) is 1.49. The summed E-state index contributed by atoms with van der Waals surface area (Å²) in [5, 5.41) is 0. The summed E-state index contributed by atoms with van der Waals surface area (Å²) in [5.41, 5.74) is 0.942. The maximum Gasteiger partial charge on any atom is 0.244 e. The summed E-state index contributed by atoms with van der Waals surface area (Å²) < 4.78 is 25.3. The number of hydrogen-bond donors (Lipinski definition) is 0. The van der Waals surface area contributed by atoms with E-state index >= 15 is 0 Å². The Labute approximate surface area is 89.1 Å². The number of pyridine rings is 1. The van der Waals surface area contributed by atoms with Crippen molar-refractivity contribution in [1.82, 2.24) is 4.98 Å². The molecule has 0 atom stereocenters. The zero-order valence-electron chi connectivity index (χ0n) is 7.33. The van der Waals surface area contributed by atoms with Crippen LogP contribution in [-0.4, -0.2) is 24.5 Å². The quantitative estimate of drug-likeness (QED) is 0.815. The fraction of sp³-hybridized carbons (Fsp3) is 0.444. The van der Waals surface area contributed by atoms with E-state index in [0.29, 0.717) is 13.1 Å². The van der Waals surface area contributed by atoms with Gasteiger partial charge < -0.3 is 4.90 Å². The lowest BCUT2D eigenvalue weighted by atomic mass is 10.0. The molecule has 0 amide bonds. The molecular weight excluding hydrogens is 254 g/mol. The molecule has 0 bridgehead atoms. The van der Waals surface area contributed by atoms with Gasteiger partial charge in [0.1, 0.15) is 0 Å². The van der Waals surface area contributed by atoms with E-state index in [1.54, 1.807) is 12.4 Å². The van der Waals surface area contributed by atoms with E-state index in [0.717, 1.165) is 10.2 Å². The van der Waals surface area contributed by atoms with Gasteiger partial charge in [0.2, 0.25) is 6.43 Å². The smallest absolute Gasteiger partial charge is 0.244 e. The minimum absolute atomic E-state index is 0.431. The van der Waals surface area contributed by atoms with Crippen molar-refractivity contribution in [1.29, 1.82) is 0 Å². The molecule has 0 N–H and O–H groups in total. The van der Waals surface area contributed by atoms with Crippen LogP contribution < -0.4 is 4.90 Å². The predicted octanol–water partition coefficient (Wildman–Crippen LogP) is 2.55. The van der Waals surface area contributed by atoms with Gasteiger partial charge in [-0.1, -0.05) is 0 Å². The molecule has 0 aromatic carbocycles. The zero-order chi connectivity index (χ0) is 10.1. The average Bonchev–Trinajstić information content (AvgIpc) is 2.05. The van der Waals surface area contributed by atoms with Gasteiger partial charge >= 0.3 is 0 Å². The van der Waals surface area contributed by atoms with Crippen molar-refractivity contribution in [2.75, 3.05) is 18.0 Å². The van der Waals surface area contributed by atoms with E-state index in [4.69, 9.17) is 0 Å². The SMILES string of the molecule is FC(F)C1CN(c2ccncc2Br)C1. The minimum Gasteiger partial charge on any atom is -0.369 e. The van der Waals surface area contributed by atoms with Gasteiger partial charge in [-0.25, -0.2) is 8.78 Å². The lowest BCUT2D eigenvalue weighted by molar-refractivity contribution is 0.0614. The van der Waals surface area contributed by atoms with Crippen LogP contribution in [0.3, 0.4) is 0 Å². The zero-order valence-corrected chi connectivity index (χ0v) is 8.92. The summed E-state index contributed by atoms with van der Waals surface area (Å²) in [4.78, 5) is 5.84. The molecule has 1 aromatic rings. The second kappa shape index (κ2) is 3.81. The molecule has 2 rings (SSSR count). The Kier molecular flexibility index (Phi) is 2.67. The second-order valence-electron chi connectivity index (χ2n) is 3.33. The first-order valence-corrected chi connectivity index (χ1v) is 5.10. The number of nitrogens with zero attached hydrogens (tertiary/aromatic N) is 2. The minimum atomic E-state index is -2.20. The molecule has 2 heterocycles. The topological polar surface area (TPSA) is 16.1 Å². The third-order valence-corrected chi connectivity index (χ3v) is 2.97. The van der Waals surface area contributed by atoms with Crippen LogP contribution >= 0.6 is 15.9 Å². The van der Waals surface area contributed by atoms with Gasteiger partial charge in [0.05, 0.1) is 16.1 Å². The number of anilines is 1. The summed E-state index contributed by atoms with van der Waals surface area (Å²) in [6.07, 6.45) is 1.13. The molecule has 1 aliphatic rings. The Morgan fingerprint density at radius 3 is 2.79 bits per heavy atom. The Hall–Kier alpha value is -0.710. The van der Waals surface area contributed by atoms with Crippen molar-refractivity contribution < 1.29 is 8.78 Å². The lowest BCUT2D eigenvalue weighted by Crippen LogP contribution is -2.50. The average molecular weight is 263 g/mol. The summed E-state index contributed by atoms with van der Waals surface area (Å²) in [6, 6.07) is 1.83. The summed E-state index contributed by atoms with van der Waals surface area (Å²) in [5.74, 6) is -0.477. The normalized spacial score (nSPS) is 17.3. The fourth-order valence-corrected chi connectivity index (χ4v) is 1.99. The third-order valence-electron chi connectivity index (χ3n) is 2.36. The molecule has 0 spiro atoms. The van der Waals surface area contributed by atoms with Gasteiger partial charge in [-0.2, -0.15) is 0 Å². The second-order valence-corrected chi connectivity index (χ2v) is 4.18. The standard InChI is InChI=1S/C9H9BrF2N2/c10-7-3-13-2-1-8(7)14-4-6(5-14)9(11)12/h1-3,6,9H,4-5H2. The van der Waals surface area contributed by atoms with Gasteiger partial charge in [-0.3, -0.25) is 4.98 Å². The summed E-state index contributed by atoms with van der Waals surface area (Å²) >= 11 is 3.34. The molecular formula is C9H9BrF2N2. The highest BCUT2D eigenvalue weighted by atomic mass is 79.9. The van der Waals surface area contributed by atoms with Crippen molar-refractivity contribution >= 4 is 21.6 Å². The first-order valence-electron chi connectivity index (χ1n) is 4.31. The van der Waals surface area contributed by atoms with E-state index in [1.807, 2.05) is 11.0 Å². The molecule has 14 heavy (non-hydrogen) atoms. The Balaban J connectivity index is 2.03. The van der Waals surface area contributed by atoms with Gasteiger partial charge in [-0.15, -0.1) is 0 Å². The van der Waals surface area contributed by atoms with Crippen LogP contribution in [0, 0.1) is 5.92 Å². The molecule has 1 aliphatic heterocycles. The Morgan fingerprint density at radius 2 is 2.21 bits per heavy atom. The number of aromatic nitrogens is 1. The van der Waals surface area contributed by atoms with Crippen molar-refractivity contribution in [3.63, 3.8) is 0 Å². The van der Waals surface area contributed by atoms with E-state index in [2.05, 4.69) is 20.9 Å². The van der Waals surface area contributed by atoms with Crippen LogP contribution in [-0.2, 0) is 0 Å². The van der Waals surface area contributed by atoms with Gasteiger partial charge in [0.25, 0.3) is 0 Å². The molecule has 2 nitrogen and oxygen atoms in total. The molecule has 0 aliphatic carbocycles. The molecule has 5 heteroatoms. The van der Waals surface area contributed by atoms with Crippen molar-refractivity contribution in [2.24, 2.45) is 5.92 Å². The molecule has 1 saturated heterocycles. The number of halogens is 3. The van der Waals surface area contributed by atoms with Crippen LogP contribution in [0.25, 0.3) is 0 Å². The van der Waals surface area contributed by atoms with E-state index in [1.165, 1.54) is 0 Å². The lowest BCUT2D eigenvalue weighted by Gasteiger charge is -2.40. The first-order chi connectivity index (χ1) is 6.68. The van der Waals surface area contributed by atoms with E-state index < -0.39 is 12.3 Å². The van der Waals surface area contributed by atoms with Crippen LogP contribution in [0.1, 0.15) is 0 Å². The maximum absolute atomic E-state index is 12.2. The molecule has 0 unspecified atom stereocenters. The molecule has 1 fully saturated rings. The summed E-state index contributed by atoms with van der Waals surface area (Å²) in [6.45, 7) is 0.862. The number of rotatable bonds is 2. The van der Waals surface area contributed by atoms with Gasteiger partial charge in [0.15, 0.2) is 0 Å². The van der Waals surface area contributed by atoms with Gasteiger partial charge in [0, 0.05) is 25.5 Å². The molecule has 0 saturated carbocycles. The molecule has 1 aromatic heterocycles. The highest BCUT2D eigenvalue weighted by molar-refractivity contribution is 9.10. The number of hydrogen-bond acceptors (Lipinski definition) is 2. The van der Waals surface area contributed by atoms with Gasteiger partial charge in [-0.05, 0) is 22.0 Å². The Morgan fingerprint density at radius 1 is 1.50 bits per heavy atom. The summed E-state index contributed by atoms with van der Waals surface area (Å²) in [7, 11) is 0. The van der Waals surface area contributed by atoms with Crippen LogP contribution in [0.2, 0.25) is 0 Å². The van der Waals surface area contributed by atoms with E-state index in [-0.39, 0.29) is 0 Å². The van der Waals surface area contributed by atoms with Crippen LogP contribution in [0.5, 0.6) is 0 Å². The Bertz CT molecular complexity index is 326. The van der Waals surface area contributed by atoms with Crippen molar-refractivity contribution in [3.8, 4) is 0 Å². The maximum atomic E-state index is 12.2. The van der Waals surface area contributed by atoms with Crippen molar-refractivity contribution in [2.45, 2.75) is 6.43 Å². The predicted molar refractivity (Wildman–Crippen MR) is 53.6 cm³/mol. The molecule has 0 radical (unpaired) electrons. The highest BCUT2D eigenvalue weighted by Gasteiger charge is 2.34. The van der Waals surface area contributed by atoms with Crippen LogP contribution in [0.15, 0.2) is 22.9 Å². The molecule has 76 valence electrons. The monoisotopic (exact) mass is 262 g/mol. The number of alkyl halides is 2. The third kappa shape index (κ3) is 1.73. The van der Waals surface area contributed by atoms with E-state index in [9.17, 15) is 8.78 Å². The largest absolute Gasteiger partial charge is 0.369 e. The highest BCUT2D eigenvalue weighted by Crippen LogP contribution is 2.32. The van der Waals surface area contributed by atoms with Crippen LogP contribution in [0.4, 0.5) is 14.5 Å².